The number of nitrogens with zero attached hydrogens (tertiary/aromatic N) is 4. The molecule has 16 heteroatoms. The molecule has 7 aliphatic rings. The lowest BCUT2D eigenvalue weighted by Gasteiger charge is -2.63. The van der Waals surface area contributed by atoms with Gasteiger partial charge < -0.3 is 40.0 Å². The average Bonchev–Trinajstić information content (AvgIpc) is 3.90. The molecular formula is C44H58N6O10. The topological polar surface area (TPSA) is 203 Å². The Morgan fingerprint density at radius 2 is 1.92 bits per heavy atom. The summed E-state index contributed by atoms with van der Waals surface area (Å²) in [5.74, 6) is 0.243. The van der Waals surface area contributed by atoms with Crippen molar-refractivity contribution in [3.8, 4) is 0 Å². The fourth-order valence-electron chi connectivity index (χ4n) is 11.1. The molecule has 60 heavy (non-hydrogen) atoms. The molecule has 8 rings (SSSR count). The molecule has 0 aromatic carbocycles. The van der Waals surface area contributed by atoms with Crippen molar-refractivity contribution in [1.29, 1.82) is 0 Å². The van der Waals surface area contributed by atoms with Gasteiger partial charge in [-0.3, -0.25) is 19.4 Å². The maximum Gasteiger partial charge on any atom is 0.373 e. The van der Waals surface area contributed by atoms with Crippen molar-refractivity contribution in [3.05, 3.63) is 71.8 Å². The maximum atomic E-state index is 14.0. The van der Waals surface area contributed by atoms with Crippen LogP contribution in [0, 0.1) is 22.7 Å². The molecule has 0 bridgehead atoms. The van der Waals surface area contributed by atoms with Crippen LogP contribution in [0.2, 0.25) is 0 Å². The number of carbonyl (C=O) groups excluding carboxylic acids is 5. The van der Waals surface area contributed by atoms with Gasteiger partial charge in [-0.1, -0.05) is 32.9 Å². The second kappa shape index (κ2) is 17.4. The lowest BCUT2D eigenvalue weighted by atomic mass is 9.43. The Morgan fingerprint density at radius 3 is 2.57 bits per heavy atom. The largest absolute Gasteiger partial charge is 0.423 e. The van der Waals surface area contributed by atoms with Crippen molar-refractivity contribution < 1.29 is 48.4 Å². The predicted molar refractivity (Wildman–Crippen MR) is 216 cm³/mol. The molecule has 2 aliphatic carbocycles. The molecule has 324 valence electrons. The summed E-state index contributed by atoms with van der Waals surface area (Å²) in [6.45, 7) is 10.5. The fraction of sp³-hybridized carbons (Fsp3) is 0.614. The zero-order valence-corrected chi connectivity index (χ0v) is 35.0. The first-order valence-electron chi connectivity index (χ1n) is 21.1. The number of aliphatic hydroxyl groups is 2. The summed E-state index contributed by atoms with van der Waals surface area (Å²) in [6.07, 6.45) is 13.4. The standard InChI is InChI=1S/C43H58N6O8.CO2/c1-6-31-39(53)49-23-27(10-11-37(49)47(31)5)19-28-20-29(40(54)57-28)30(46-36-9-7-8-14-44-36)21-33-41(3)13-12-35(51)42(4,24-50)32(41)22-34(43(33)25-56-43)45-26(2)38(52)48-15-17-55-18-16-48;2-1-3/h7-11,14,19-20,23,26,30-35,37,45,50-51H,6,12-13,15-18,21-22,24-25H2,1-5H3,(H,44,46);/b28-19+;/t26?,30?,31?,32?,33?,34?,35-,37?,41+,42+,43?;/m1./s1. The second-order valence-electron chi connectivity index (χ2n) is 17.7. The monoisotopic (exact) mass is 830 g/mol. The third-order valence-electron chi connectivity index (χ3n) is 14.5. The van der Waals surface area contributed by atoms with Gasteiger partial charge in [0.2, 0.25) is 11.8 Å². The number of anilines is 1. The summed E-state index contributed by atoms with van der Waals surface area (Å²) in [5.41, 5.74) is -0.681. The van der Waals surface area contributed by atoms with E-state index < -0.39 is 40.6 Å². The van der Waals surface area contributed by atoms with Crippen LogP contribution >= 0.6 is 0 Å². The number of ether oxygens (including phenoxy) is 3. The van der Waals surface area contributed by atoms with Crippen molar-refractivity contribution in [3.63, 3.8) is 0 Å². The summed E-state index contributed by atoms with van der Waals surface area (Å²) in [5, 5.41) is 29.7. The van der Waals surface area contributed by atoms with E-state index in [-0.39, 0.29) is 54.7 Å². The Kier molecular flexibility index (Phi) is 12.7. The number of esters is 1. The maximum absolute atomic E-state index is 14.0. The van der Waals surface area contributed by atoms with Crippen LogP contribution < -0.4 is 10.6 Å². The van der Waals surface area contributed by atoms with Crippen LogP contribution in [-0.4, -0.2) is 142 Å². The number of hydrogen-bond donors (Lipinski definition) is 4. The van der Waals surface area contributed by atoms with Crippen LogP contribution in [0.1, 0.15) is 59.8 Å². The SMILES string of the molecule is CCC1C(=O)N2C=C(/C=C3\C=C(C(CC4C5(CO5)C(NC(C)C(=O)N5CCOCC5)CC5[C@]4(C)CC[C@@H](O)[C@@]5(C)CO)Nc4ccccn4)C(=O)O3)C=CC2N1C.O=C=O. The third kappa shape index (κ3) is 7.90. The van der Waals surface area contributed by atoms with Gasteiger partial charge in [-0.2, -0.15) is 9.59 Å². The van der Waals surface area contributed by atoms with Gasteiger partial charge in [0.1, 0.15) is 23.3 Å². The minimum Gasteiger partial charge on any atom is -0.423 e. The molecule has 8 unspecified atom stereocenters. The zero-order valence-electron chi connectivity index (χ0n) is 35.0. The van der Waals surface area contributed by atoms with Gasteiger partial charge in [-0.15, -0.1) is 0 Å². The molecule has 0 radical (unpaired) electrons. The Bertz CT molecular complexity index is 1960. The molecule has 2 amide bonds. The molecule has 16 nitrogen and oxygen atoms in total. The number of amides is 2. The number of likely N-dealkylation sites (N-methyl/N-ethyl adjacent to an activating group) is 1. The van der Waals surface area contributed by atoms with Crippen molar-refractivity contribution in [2.24, 2.45) is 22.7 Å². The number of aliphatic hydroxyl groups excluding tert-OH is 2. The highest BCUT2D eigenvalue weighted by molar-refractivity contribution is 5.95. The number of carbonyl (C=O) groups is 3. The Labute approximate surface area is 350 Å². The van der Waals surface area contributed by atoms with Crippen LogP contribution in [0.15, 0.2) is 71.8 Å². The van der Waals surface area contributed by atoms with E-state index in [1.165, 1.54) is 0 Å². The van der Waals surface area contributed by atoms with E-state index in [4.69, 9.17) is 23.8 Å². The fourth-order valence-corrected chi connectivity index (χ4v) is 11.1. The van der Waals surface area contributed by atoms with Gasteiger partial charge >= 0.3 is 12.1 Å². The van der Waals surface area contributed by atoms with Gasteiger partial charge in [0.15, 0.2) is 0 Å². The molecule has 6 heterocycles. The molecule has 5 fully saturated rings. The summed E-state index contributed by atoms with van der Waals surface area (Å²) in [7, 11) is 1.95. The van der Waals surface area contributed by atoms with Crippen LogP contribution in [0.25, 0.3) is 0 Å². The summed E-state index contributed by atoms with van der Waals surface area (Å²) < 4.78 is 18.0. The number of epoxide rings is 1. The molecule has 1 aromatic heterocycles. The lowest BCUT2D eigenvalue weighted by Crippen LogP contribution is -2.68. The number of hydrogen-bond acceptors (Lipinski definition) is 14. The minimum atomic E-state index is -0.798. The van der Waals surface area contributed by atoms with E-state index in [0.717, 1.165) is 5.57 Å². The molecule has 1 spiro atoms. The number of pyridine rings is 1. The van der Waals surface area contributed by atoms with E-state index in [0.29, 0.717) is 82.2 Å². The number of nitrogens with one attached hydrogen (secondary N) is 2. The number of fused-ring (bicyclic) bond motifs is 2. The molecule has 1 aromatic rings. The average molecular weight is 831 g/mol. The predicted octanol–water partition coefficient (Wildman–Crippen LogP) is 2.14. The molecule has 4 N–H and O–H groups in total. The normalized spacial score (nSPS) is 36.3. The van der Waals surface area contributed by atoms with Gasteiger partial charge in [-0.05, 0) is 99.3 Å². The number of morpholine rings is 1. The first-order chi connectivity index (χ1) is 28.7. The van der Waals surface area contributed by atoms with Crippen molar-refractivity contribution in [2.45, 2.75) is 102 Å². The molecule has 11 atom stereocenters. The van der Waals surface area contributed by atoms with E-state index >= 15 is 0 Å². The van der Waals surface area contributed by atoms with Crippen molar-refractivity contribution in [1.82, 2.24) is 25.0 Å². The first-order valence-corrected chi connectivity index (χ1v) is 21.1. The minimum absolute atomic E-state index is 0.00481. The van der Waals surface area contributed by atoms with Gasteiger partial charge in [0, 0.05) is 36.9 Å². The van der Waals surface area contributed by atoms with Gasteiger partial charge in [0.25, 0.3) is 0 Å². The third-order valence-corrected chi connectivity index (χ3v) is 14.5. The van der Waals surface area contributed by atoms with Crippen molar-refractivity contribution >= 4 is 29.8 Å². The molecule has 5 aliphatic heterocycles. The van der Waals surface area contributed by atoms with E-state index in [1.807, 2.05) is 69.3 Å². The van der Waals surface area contributed by atoms with E-state index in [1.54, 1.807) is 23.2 Å². The number of rotatable bonds is 11. The summed E-state index contributed by atoms with van der Waals surface area (Å²) in [6, 6.07) is 4.08. The van der Waals surface area contributed by atoms with Gasteiger partial charge in [0.05, 0.1) is 56.2 Å². The zero-order chi connectivity index (χ0) is 43.0. The van der Waals surface area contributed by atoms with Crippen molar-refractivity contribution in [2.75, 3.05) is 51.9 Å². The van der Waals surface area contributed by atoms with Crippen LogP contribution in [0.5, 0.6) is 0 Å². The smallest absolute Gasteiger partial charge is 0.373 e. The number of cyclic esters (lactones) is 1. The van der Waals surface area contributed by atoms with Crippen LogP contribution in [0.4, 0.5) is 5.82 Å². The Morgan fingerprint density at radius 1 is 1.18 bits per heavy atom. The quantitative estimate of drug-likeness (QED) is 0.187. The highest BCUT2D eigenvalue weighted by Crippen LogP contribution is 2.66. The highest BCUT2D eigenvalue weighted by Gasteiger charge is 2.71. The van der Waals surface area contributed by atoms with Crippen LogP contribution in [-0.2, 0) is 38.2 Å². The Balaban J connectivity index is 0.00000176. The first kappa shape index (κ1) is 43.5. The molecule has 2 saturated carbocycles. The second-order valence-corrected chi connectivity index (χ2v) is 17.7. The van der Waals surface area contributed by atoms with Crippen LogP contribution in [0.3, 0.4) is 0 Å². The van der Waals surface area contributed by atoms with Gasteiger partial charge in [-0.25, -0.2) is 9.78 Å². The summed E-state index contributed by atoms with van der Waals surface area (Å²) in [4.78, 5) is 67.3. The van der Waals surface area contributed by atoms with E-state index in [9.17, 15) is 24.6 Å². The van der Waals surface area contributed by atoms with E-state index in [2.05, 4.69) is 27.4 Å². The number of allylic oxidation sites excluding steroid dienone is 4. The molecular weight excluding hydrogens is 773 g/mol. The highest BCUT2D eigenvalue weighted by atomic mass is 16.6. The Hall–Kier alpha value is -4.54. The number of aromatic nitrogens is 1. The lowest BCUT2D eigenvalue weighted by molar-refractivity contribution is -0.191. The molecule has 3 saturated heterocycles. The summed E-state index contributed by atoms with van der Waals surface area (Å²) >= 11 is 0.